The Labute approximate surface area is 148 Å². The number of halogens is 2. The fourth-order valence-electron chi connectivity index (χ4n) is 2.05. The zero-order chi connectivity index (χ0) is 17.7. The van der Waals surface area contributed by atoms with Gasteiger partial charge in [-0.05, 0) is 30.7 Å². The molecule has 0 saturated heterocycles. The third kappa shape index (κ3) is 4.84. The molecule has 126 valence electrons. The number of carbonyl (C=O) groups is 1. The van der Waals surface area contributed by atoms with Crippen LogP contribution in [0.4, 0.5) is 5.69 Å². The number of nitrogens with one attached hydrogen (secondary N) is 1. The minimum atomic E-state index is -0.530. The lowest BCUT2D eigenvalue weighted by Gasteiger charge is -2.16. The minimum absolute atomic E-state index is 0.103. The smallest absolute Gasteiger partial charge is 0.273 e. The van der Waals surface area contributed by atoms with Crippen LogP contribution in [-0.4, -0.2) is 17.4 Å². The number of hydrogen-bond acceptors (Lipinski definition) is 4. The number of carbonyl (C=O) groups excluding carboxylic acids is 1. The van der Waals surface area contributed by atoms with Gasteiger partial charge in [-0.15, -0.1) is 0 Å². The summed E-state index contributed by atoms with van der Waals surface area (Å²) in [5.41, 5.74) is 0.624. The van der Waals surface area contributed by atoms with E-state index in [1.54, 1.807) is 31.2 Å². The molecule has 0 aliphatic heterocycles. The van der Waals surface area contributed by atoms with Crippen molar-refractivity contribution < 1.29 is 14.5 Å². The lowest BCUT2D eigenvalue weighted by Crippen LogP contribution is -2.31. The van der Waals surface area contributed by atoms with E-state index in [0.29, 0.717) is 10.0 Å². The van der Waals surface area contributed by atoms with Crippen LogP contribution in [0.1, 0.15) is 18.5 Å². The Morgan fingerprint density at radius 1 is 1.29 bits per heavy atom. The van der Waals surface area contributed by atoms with E-state index in [1.165, 1.54) is 18.2 Å². The summed E-state index contributed by atoms with van der Waals surface area (Å²) in [6, 6.07) is 10.3. The molecule has 24 heavy (non-hydrogen) atoms. The van der Waals surface area contributed by atoms with Crippen molar-refractivity contribution in [2.24, 2.45) is 0 Å². The van der Waals surface area contributed by atoms with Crippen molar-refractivity contribution in [2.75, 3.05) is 6.61 Å². The highest BCUT2D eigenvalue weighted by Crippen LogP contribution is 2.26. The standard InChI is InChI=1S/C16H14Cl2N2O4/c1-10(14-6-5-11(17)7-15(14)18)19-16(21)9-24-13-4-2-3-12(8-13)20(22)23/h2-8,10H,9H2,1H3,(H,19,21)/t10-/m0/s1. The van der Waals surface area contributed by atoms with E-state index in [9.17, 15) is 14.9 Å². The van der Waals surface area contributed by atoms with Crippen LogP contribution in [0.15, 0.2) is 42.5 Å². The predicted molar refractivity (Wildman–Crippen MR) is 91.6 cm³/mol. The van der Waals surface area contributed by atoms with Gasteiger partial charge in [-0.3, -0.25) is 14.9 Å². The molecule has 0 heterocycles. The van der Waals surface area contributed by atoms with Gasteiger partial charge in [0.25, 0.3) is 11.6 Å². The van der Waals surface area contributed by atoms with Crippen molar-refractivity contribution in [3.63, 3.8) is 0 Å². The van der Waals surface area contributed by atoms with Crippen LogP contribution in [0, 0.1) is 10.1 Å². The van der Waals surface area contributed by atoms with E-state index < -0.39 is 4.92 Å². The highest BCUT2D eigenvalue weighted by Gasteiger charge is 2.14. The van der Waals surface area contributed by atoms with Gasteiger partial charge >= 0.3 is 0 Å². The van der Waals surface area contributed by atoms with Gasteiger partial charge < -0.3 is 10.1 Å². The highest BCUT2D eigenvalue weighted by atomic mass is 35.5. The van der Waals surface area contributed by atoms with Crippen LogP contribution in [0.2, 0.25) is 10.0 Å². The van der Waals surface area contributed by atoms with Crippen molar-refractivity contribution in [2.45, 2.75) is 13.0 Å². The second-order valence-electron chi connectivity index (χ2n) is 5.00. The number of benzene rings is 2. The maximum atomic E-state index is 12.0. The van der Waals surface area contributed by atoms with Gasteiger partial charge in [0, 0.05) is 16.1 Å². The molecule has 2 aromatic carbocycles. The van der Waals surface area contributed by atoms with E-state index in [0.717, 1.165) is 5.56 Å². The largest absolute Gasteiger partial charge is 0.484 e. The van der Waals surface area contributed by atoms with Crippen molar-refractivity contribution in [3.8, 4) is 5.75 Å². The second kappa shape index (κ2) is 7.99. The summed E-state index contributed by atoms with van der Waals surface area (Å²) in [6.45, 7) is 1.51. The molecule has 0 unspecified atom stereocenters. The minimum Gasteiger partial charge on any atom is -0.484 e. The van der Waals surface area contributed by atoms with Gasteiger partial charge in [0.05, 0.1) is 17.0 Å². The molecular weight excluding hydrogens is 355 g/mol. The molecule has 0 aliphatic carbocycles. The Morgan fingerprint density at radius 3 is 2.71 bits per heavy atom. The van der Waals surface area contributed by atoms with Crippen LogP contribution >= 0.6 is 23.2 Å². The summed E-state index contributed by atoms with van der Waals surface area (Å²) < 4.78 is 5.27. The Morgan fingerprint density at radius 2 is 2.04 bits per heavy atom. The molecule has 1 N–H and O–H groups in total. The number of amides is 1. The van der Waals surface area contributed by atoms with Gasteiger partial charge in [0.2, 0.25) is 0 Å². The van der Waals surface area contributed by atoms with E-state index in [-0.39, 0.29) is 30.0 Å². The van der Waals surface area contributed by atoms with Gasteiger partial charge in [0.1, 0.15) is 5.75 Å². The lowest BCUT2D eigenvalue weighted by molar-refractivity contribution is -0.384. The zero-order valence-electron chi connectivity index (χ0n) is 12.7. The first-order chi connectivity index (χ1) is 11.4. The van der Waals surface area contributed by atoms with Crippen molar-refractivity contribution >= 4 is 34.8 Å². The Bertz CT molecular complexity index is 767. The number of ether oxygens (including phenoxy) is 1. The number of non-ortho nitro benzene ring substituents is 1. The normalized spacial score (nSPS) is 11.6. The number of nitro groups is 1. The van der Waals surface area contributed by atoms with Gasteiger partial charge in [-0.2, -0.15) is 0 Å². The van der Waals surface area contributed by atoms with Crippen LogP contribution < -0.4 is 10.1 Å². The Hall–Kier alpha value is -2.31. The lowest BCUT2D eigenvalue weighted by atomic mass is 10.1. The molecule has 2 aromatic rings. The summed E-state index contributed by atoms with van der Waals surface area (Å²) in [6.07, 6.45) is 0. The molecule has 8 heteroatoms. The maximum absolute atomic E-state index is 12.0. The molecule has 6 nitrogen and oxygen atoms in total. The molecule has 0 aromatic heterocycles. The SMILES string of the molecule is C[C@H](NC(=O)COc1cccc([N+](=O)[O-])c1)c1ccc(Cl)cc1Cl. The van der Waals surface area contributed by atoms with Gasteiger partial charge in [0.15, 0.2) is 6.61 Å². The average Bonchev–Trinajstić information content (AvgIpc) is 2.53. The Balaban J connectivity index is 1.93. The summed E-state index contributed by atoms with van der Waals surface area (Å²) in [5, 5.41) is 14.4. The third-order valence-electron chi connectivity index (χ3n) is 3.20. The van der Waals surface area contributed by atoms with Crippen molar-refractivity contribution in [3.05, 3.63) is 68.2 Å². The molecule has 0 bridgehead atoms. The van der Waals surface area contributed by atoms with Gasteiger partial charge in [-0.1, -0.05) is 35.3 Å². The molecule has 1 amide bonds. The molecular formula is C16H14Cl2N2O4. The fourth-order valence-corrected chi connectivity index (χ4v) is 2.62. The summed E-state index contributed by atoms with van der Waals surface area (Å²) in [7, 11) is 0. The number of nitro benzene ring substituents is 1. The first-order valence-corrected chi connectivity index (χ1v) is 7.74. The van der Waals surface area contributed by atoms with Crippen LogP contribution in [0.3, 0.4) is 0 Å². The number of nitrogens with zero attached hydrogens (tertiary/aromatic N) is 1. The monoisotopic (exact) mass is 368 g/mol. The van der Waals surface area contributed by atoms with Gasteiger partial charge in [-0.25, -0.2) is 0 Å². The molecule has 1 atom stereocenters. The average molecular weight is 369 g/mol. The van der Waals surface area contributed by atoms with Crippen LogP contribution in [0.5, 0.6) is 5.75 Å². The fraction of sp³-hybridized carbons (Fsp3) is 0.188. The van der Waals surface area contributed by atoms with Crippen LogP contribution in [0.25, 0.3) is 0 Å². The quantitative estimate of drug-likeness (QED) is 0.612. The molecule has 0 spiro atoms. The van der Waals surface area contributed by atoms with Crippen LogP contribution in [-0.2, 0) is 4.79 Å². The molecule has 0 fully saturated rings. The molecule has 2 rings (SSSR count). The number of rotatable bonds is 6. The topological polar surface area (TPSA) is 81.5 Å². The van der Waals surface area contributed by atoms with E-state index in [2.05, 4.69) is 5.32 Å². The zero-order valence-corrected chi connectivity index (χ0v) is 14.2. The number of hydrogen-bond donors (Lipinski definition) is 1. The van der Waals surface area contributed by atoms with E-state index >= 15 is 0 Å². The summed E-state index contributed by atoms with van der Waals surface area (Å²) >= 11 is 11.9. The van der Waals surface area contributed by atoms with E-state index in [4.69, 9.17) is 27.9 Å². The molecule has 0 radical (unpaired) electrons. The third-order valence-corrected chi connectivity index (χ3v) is 3.77. The Kier molecular flexibility index (Phi) is 6.00. The molecule has 0 saturated carbocycles. The highest BCUT2D eigenvalue weighted by molar-refractivity contribution is 6.35. The first kappa shape index (κ1) is 18.0. The predicted octanol–water partition coefficient (Wildman–Crippen LogP) is 4.16. The van der Waals surface area contributed by atoms with Crippen molar-refractivity contribution in [1.82, 2.24) is 5.32 Å². The second-order valence-corrected chi connectivity index (χ2v) is 5.84. The maximum Gasteiger partial charge on any atom is 0.273 e. The summed E-state index contributed by atoms with van der Waals surface area (Å²) in [5.74, 6) is -0.128. The summed E-state index contributed by atoms with van der Waals surface area (Å²) in [4.78, 5) is 22.1. The first-order valence-electron chi connectivity index (χ1n) is 6.98. The van der Waals surface area contributed by atoms with E-state index in [1.807, 2.05) is 0 Å². The van der Waals surface area contributed by atoms with Crippen molar-refractivity contribution in [1.29, 1.82) is 0 Å². The molecule has 0 aliphatic rings.